The van der Waals surface area contributed by atoms with Gasteiger partial charge in [-0.3, -0.25) is 4.79 Å². The Balaban J connectivity index is 1.92. The minimum absolute atomic E-state index is 0.133. The van der Waals surface area contributed by atoms with Gasteiger partial charge in [0, 0.05) is 24.4 Å². The minimum Gasteiger partial charge on any atom is -0.301 e. The van der Waals surface area contributed by atoms with E-state index in [1.165, 1.54) is 6.07 Å². The van der Waals surface area contributed by atoms with E-state index in [2.05, 4.69) is 4.90 Å². The van der Waals surface area contributed by atoms with Gasteiger partial charge in [0.25, 0.3) is 0 Å². The van der Waals surface area contributed by atoms with Crippen molar-refractivity contribution in [2.45, 2.75) is 33.2 Å². The number of ketones is 1. The van der Waals surface area contributed by atoms with Crippen molar-refractivity contribution < 1.29 is 9.18 Å². The summed E-state index contributed by atoms with van der Waals surface area (Å²) in [7, 11) is 1.99. The van der Waals surface area contributed by atoms with Crippen LogP contribution in [-0.4, -0.2) is 24.3 Å². The molecule has 0 aliphatic heterocycles. The van der Waals surface area contributed by atoms with Gasteiger partial charge in [-0.15, -0.1) is 0 Å². The Morgan fingerprint density at radius 1 is 1.42 bits per heavy atom. The Bertz CT molecular complexity index is 470. The molecule has 0 spiro atoms. The van der Waals surface area contributed by atoms with Crippen LogP contribution in [0, 0.1) is 17.2 Å². The van der Waals surface area contributed by atoms with Crippen molar-refractivity contribution in [1.82, 2.24) is 4.90 Å². The first-order valence-electron chi connectivity index (χ1n) is 6.86. The number of carbonyl (C=O) groups excluding carboxylic acids is 1. The minimum atomic E-state index is -0.205. The fourth-order valence-electron chi connectivity index (χ4n) is 2.90. The van der Waals surface area contributed by atoms with Crippen LogP contribution in [0.5, 0.6) is 0 Å². The molecule has 1 unspecified atom stereocenters. The third-order valence-electron chi connectivity index (χ3n) is 4.03. The molecule has 0 heterocycles. The van der Waals surface area contributed by atoms with Gasteiger partial charge in [-0.1, -0.05) is 26.0 Å². The molecule has 2 nitrogen and oxygen atoms in total. The van der Waals surface area contributed by atoms with Crippen LogP contribution < -0.4 is 0 Å². The van der Waals surface area contributed by atoms with Gasteiger partial charge in [-0.05, 0) is 37.6 Å². The molecule has 1 aromatic rings. The summed E-state index contributed by atoms with van der Waals surface area (Å²) in [5.74, 6) is 0.302. The van der Waals surface area contributed by atoms with E-state index in [4.69, 9.17) is 0 Å². The molecule has 0 N–H and O–H groups in total. The third-order valence-corrected chi connectivity index (χ3v) is 4.03. The molecule has 104 valence electrons. The second-order valence-corrected chi connectivity index (χ2v) is 6.31. The third kappa shape index (κ3) is 3.41. The van der Waals surface area contributed by atoms with E-state index in [0.29, 0.717) is 12.3 Å². The normalized spacial score (nSPS) is 22.2. The molecule has 1 aromatic carbocycles. The Morgan fingerprint density at radius 2 is 2.16 bits per heavy atom. The average molecular weight is 263 g/mol. The van der Waals surface area contributed by atoms with Gasteiger partial charge in [0.1, 0.15) is 11.6 Å². The van der Waals surface area contributed by atoms with Gasteiger partial charge in [-0.25, -0.2) is 4.39 Å². The van der Waals surface area contributed by atoms with Gasteiger partial charge in [0.2, 0.25) is 0 Å². The maximum atomic E-state index is 13.1. The van der Waals surface area contributed by atoms with E-state index in [0.717, 1.165) is 24.9 Å². The molecule has 0 saturated heterocycles. The first-order chi connectivity index (χ1) is 8.88. The molecule has 0 aromatic heterocycles. The molecule has 2 rings (SSSR count). The van der Waals surface area contributed by atoms with E-state index in [1.54, 1.807) is 12.1 Å². The van der Waals surface area contributed by atoms with E-state index < -0.39 is 0 Å². The molecule has 3 heteroatoms. The zero-order valence-corrected chi connectivity index (χ0v) is 11.9. The summed E-state index contributed by atoms with van der Waals surface area (Å²) >= 11 is 0. The highest BCUT2D eigenvalue weighted by molar-refractivity contribution is 5.88. The monoisotopic (exact) mass is 263 g/mol. The number of rotatable bonds is 4. The van der Waals surface area contributed by atoms with Gasteiger partial charge < -0.3 is 4.90 Å². The first kappa shape index (κ1) is 14.2. The maximum Gasteiger partial charge on any atom is 0.142 e. The van der Waals surface area contributed by atoms with Crippen LogP contribution in [0.2, 0.25) is 0 Å². The fraction of sp³-hybridized carbons (Fsp3) is 0.562. The Hall–Kier alpha value is -1.22. The topological polar surface area (TPSA) is 20.3 Å². The molecule has 19 heavy (non-hydrogen) atoms. The summed E-state index contributed by atoms with van der Waals surface area (Å²) in [6, 6.07) is 6.64. The van der Waals surface area contributed by atoms with Gasteiger partial charge >= 0.3 is 0 Å². The second kappa shape index (κ2) is 5.41. The van der Waals surface area contributed by atoms with Crippen molar-refractivity contribution in [2.24, 2.45) is 11.3 Å². The number of halogens is 1. The lowest BCUT2D eigenvalue weighted by atomic mass is 9.89. The highest BCUT2D eigenvalue weighted by atomic mass is 19.1. The Kier molecular flexibility index (Phi) is 4.04. The summed E-state index contributed by atoms with van der Waals surface area (Å²) in [5, 5.41) is 0. The summed E-state index contributed by atoms with van der Waals surface area (Å²) in [6.07, 6.45) is 1.95. The van der Waals surface area contributed by atoms with Crippen molar-refractivity contribution in [3.8, 4) is 0 Å². The molecule has 0 amide bonds. The predicted octanol–water partition coefficient (Wildman–Crippen LogP) is 3.26. The Labute approximate surface area is 114 Å². The lowest BCUT2D eigenvalue weighted by Crippen LogP contribution is -2.31. The number of benzene rings is 1. The summed E-state index contributed by atoms with van der Waals surface area (Å²) < 4.78 is 13.1. The lowest BCUT2D eigenvalue weighted by Gasteiger charge is -2.22. The molecular formula is C16H22FNO. The molecule has 1 saturated carbocycles. The SMILES string of the molecule is CN(Cc1cccc(F)c1)CC1CCC(C)(C)C1=O. The van der Waals surface area contributed by atoms with Gasteiger partial charge in [-0.2, -0.15) is 0 Å². The van der Waals surface area contributed by atoms with Crippen molar-refractivity contribution in [1.29, 1.82) is 0 Å². The van der Waals surface area contributed by atoms with E-state index >= 15 is 0 Å². The molecule has 0 bridgehead atoms. The van der Waals surface area contributed by atoms with Crippen LogP contribution in [0.15, 0.2) is 24.3 Å². The zero-order chi connectivity index (χ0) is 14.0. The van der Waals surface area contributed by atoms with E-state index in [9.17, 15) is 9.18 Å². The van der Waals surface area contributed by atoms with Crippen LogP contribution in [0.3, 0.4) is 0 Å². The number of Topliss-reactive ketones (excluding diaryl/α,β-unsaturated/α-hetero) is 1. The molecule has 1 fully saturated rings. The standard InChI is InChI=1S/C16H22FNO/c1-16(2)8-7-13(15(16)19)11-18(3)10-12-5-4-6-14(17)9-12/h4-6,9,13H,7-8,10-11H2,1-3H3. The lowest BCUT2D eigenvalue weighted by molar-refractivity contribution is -0.127. The smallest absolute Gasteiger partial charge is 0.142 e. The van der Waals surface area contributed by atoms with Gasteiger partial charge in [0.05, 0.1) is 0 Å². The predicted molar refractivity (Wildman–Crippen MR) is 74.2 cm³/mol. The average Bonchev–Trinajstić information content (AvgIpc) is 2.56. The molecule has 1 aliphatic carbocycles. The van der Waals surface area contributed by atoms with Crippen molar-refractivity contribution in [2.75, 3.05) is 13.6 Å². The molecular weight excluding hydrogens is 241 g/mol. The highest BCUT2D eigenvalue weighted by Gasteiger charge is 2.40. The Morgan fingerprint density at radius 3 is 2.74 bits per heavy atom. The first-order valence-corrected chi connectivity index (χ1v) is 6.86. The quantitative estimate of drug-likeness (QED) is 0.831. The van der Waals surface area contributed by atoms with Crippen LogP contribution in [-0.2, 0) is 11.3 Å². The van der Waals surface area contributed by atoms with Crippen LogP contribution >= 0.6 is 0 Å². The summed E-state index contributed by atoms with van der Waals surface area (Å²) in [5.41, 5.74) is 0.789. The second-order valence-electron chi connectivity index (χ2n) is 6.31. The largest absolute Gasteiger partial charge is 0.301 e. The highest BCUT2D eigenvalue weighted by Crippen LogP contribution is 2.37. The summed E-state index contributed by atoms with van der Waals surface area (Å²) in [6.45, 7) is 5.50. The summed E-state index contributed by atoms with van der Waals surface area (Å²) in [4.78, 5) is 14.3. The van der Waals surface area contributed by atoms with E-state index in [1.807, 2.05) is 27.0 Å². The van der Waals surface area contributed by atoms with Crippen LogP contribution in [0.4, 0.5) is 4.39 Å². The number of hydrogen-bond donors (Lipinski definition) is 0. The van der Waals surface area contributed by atoms with E-state index in [-0.39, 0.29) is 17.2 Å². The van der Waals surface area contributed by atoms with Crippen molar-refractivity contribution in [3.63, 3.8) is 0 Å². The molecule has 0 radical (unpaired) electrons. The fourth-order valence-corrected chi connectivity index (χ4v) is 2.90. The molecule has 1 aliphatic rings. The number of carbonyl (C=O) groups is 1. The van der Waals surface area contributed by atoms with Crippen molar-refractivity contribution >= 4 is 5.78 Å². The zero-order valence-electron chi connectivity index (χ0n) is 11.9. The van der Waals surface area contributed by atoms with Crippen LogP contribution in [0.1, 0.15) is 32.3 Å². The van der Waals surface area contributed by atoms with Crippen LogP contribution in [0.25, 0.3) is 0 Å². The van der Waals surface area contributed by atoms with Crippen molar-refractivity contribution in [3.05, 3.63) is 35.6 Å². The van der Waals surface area contributed by atoms with Gasteiger partial charge in [0.15, 0.2) is 0 Å². The molecule has 1 atom stereocenters. The maximum absolute atomic E-state index is 13.1. The number of hydrogen-bond acceptors (Lipinski definition) is 2. The number of nitrogens with zero attached hydrogens (tertiary/aromatic N) is 1.